The first kappa shape index (κ1) is 8.93. The van der Waals surface area contributed by atoms with Crippen molar-refractivity contribution in [2.75, 3.05) is 27.2 Å². The van der Waals surface area contributed by atoms with Gasteiger partial charge in [-0.2, -0.15) is 0 Å². The molecule has 0 aromatic rings. The van der Waals surface area contributed by atoms with Crippen molar-refractivity contribution in [3.8, 4) is 0 Å². The summed E-state index contributed by atoms with van der Waals surface area (Å²) in [6.45, 7) is 4.08. The van der Waals surface area contributed by atoms with E-state index in [9.17, 15) is 0 Å². The van der Waals surface area contributed by atoms with Crippen LogP contribution in [0.3, 0.4) is 0 Å². The first-order chi connectivity index (χ1) is 5.09. The Balaban J connectivity index is 2.29. The second-order valence-corrected chi connectivity index (χ2v) is 3.33. The molecule has 1 aliphatic rings. The van der Waals surface area contributed by atoms with Crippen molar-refractivity contribution in [1.82, 2.24) is 15.3 Å². The van der Waals surface area contributed by atoms with E-state index in [1.54, 1.807) is 0 Å². The topological polar surface area (TPSA) is 44.5 Å². The Kier molecular flexibility index (Phi) is 2.84. The van der Waals surface area contributed by atoms with Crippen LogP contribution in [0.25, 0.3) is 0 Å². The van der Waals surface area contributed by atoms with Crippen LogP contribution in [0.4, 0.5) is 0 Å². The number of hydrazine groups is 1. The molecular weight excluding hydrogens is 140 g/mol. The quantitative estimate of drug-likeness (QED) is 0.508. The average Bonchev–Trinajstić information content (AvgIpc) is 2.10. The summed E-state index contributed by atoms with van der Waals surface area (Å²) in [5.41, 5.74) is 5.61. The highest BCUT2D eigenvalue weighted by Crippen LogP contribution is 2.04. The van der Waals surface area contributed by atoms with Crippen molar-refractivity contribution < 1.29 is 0 Å². The molecule has 1 unspecified atom stereocenters. The Morgan fingerprint density at radius 3 is 2.18 bits per heavy atom. The molecule has 4 heteroatoms. The van der Waals surface area contributed by atoms with E-state index < -0.39 is 0 Å². The molecule has 0 radical (unpaired) electrons. The van der Waals surface area contributed by atoms with E-state index in [1.165, 1.54) is 0 Å². The van der Waals surface area contributed by atoms with Crippen LogP contribution in [0.5, 0.6) is 0 Å². The number of hydrogen-bond donors (Lipinski definition) is 2. The average molecular weight is 158 g/mol. The van der Waals surface area contributed by atoms with Crippen LogP contribution in [-0.2, 0) is 0 Å². The van der Waals surface area contributed by atoms with Gasteiger partial charge in [-0.1, -0.05) is 0 Å². The van der Waals surface area contributed by atoms with Crippen LogP contribution in [0, 0.1) is 0 Å². The van der Waals surface area contributed by atoms with Gasteiger partial charge in [0.15, 0.2) is 0 Å². The Morgan fingerprint density at radius 2 is 1.82 bits per heavy atom. The number of hydrogen-bond acceptors (Lipinski definition) is 4. The van der Waals surface area contributed by atoms with E-state index in [0.29, 0.717) is 6.04 Å². The molecule has 1 saturated heterocycles. The first-order valence-corrected chi connectivity index (χ1v) is 4.03. The lowest BCUT2D eigenvalue weighted by atomic mass is 10.3. The summed E-state index contributed by atoms with van der Waals surface area (Å²) in [4.78, 5) is 0. The normalized spacial score (nSPS) is 26.2. The molecule has 66 valence electrons. The molecule has 1 fully saturated rings. The van der Waals surface area contributed by atoms with Crippen molar-refractivity contribution >= 4 is 0 Å². The third-order valence-electron chi connectivity index (χ3n) is 2.05. The molecule has 0 amide bonds. The summed E-state index contributed by atoms with van der Waals surface area (Å²) >= 11 is 0. The fourth-order valence-electron chi connectivity index (χ4n) is 1.45. The number of nitrogens with one attached hydrogen (secondary N) is 1. The number of likely N-dealkylation sites (N-methyl/N-ethyl adjacent to an activating group) is 2. The fraction of sp³-hybridized carbons (Fsp3) is 1.00. The maximum absolute atomic E-state index is 5.61. The Labute approximate surface area is 68.3 Å². The number of nitrogens with zero attached hydrogens (tertiary/aromatic N) is 2. The minimum Gasteiger partial charge on any atom is -0.316 e. The van der Waals surface area contributed by atoms with Gasteiger partial charge in [0.2, 0.25) is 0 Å². The summed E-state index contributed by atoms with van der Waals surface area (Å²) in [7, 11) is 4.17. The van der Waals surface area contributed by atoms with Gasteiger partial charge in [-0.05, 0) is 6.92 Å². The second-order valence-electron chi connectivity index (χ2n) is 3.33. The van der Waals surface area contributed by atoms with Gasteiger partial charge in [0.25, 0.3) is 0 Å². The fourth-order valence-corrected chi connectivity index (χ4v) is 1.45. The van der Waals surface area contributed by atoms with Crippen LogP contribution in [0.2, 0.25) is 0 Å². The largest absolute Gasteiger partial charge is 0.316 e. The molecule has 11 heavy (non-hydrogen) atoms. The summed E-state index contributed by atoms with van der Waals surface area (Å²) in [6.07, 6.45) is 0.0971. The summed E-state index contributed by atoms with van der Waals surface area (Å²) < 4.78 is 0. The maximum Gasteiger partial charge on any atom is 0.0520 e. The van der Waals surface area contributed by atoms with Gasteiger partial charge in [-0.25, -0.2) is 10.0 Å². The SMILES string of the molecule is CC(N)NC1CN(C)N(C)C1. The zero-order valence-corrected chi connectivity index (χ0v) is 7.54. The molecule has 1 rings (SSSR count). The summed E-state index contributed by atoms with van der Waals surface area (Å²) in [6, 6.07) is 0.519. The zero-order chi connectivity index (χ0) is 8.43. The van der Waals surface area contributed by atoms with E-state index in [-0.39, 0.29) is 6.17 Å². The van der Waals surface area contributed by atoms with E-state index in [1.807, 2.05) is 6.92 Å². The van der Waals surface area contributed by atoms with Crippen LogP contribution in [0.15, 0.2) is 0 Å². The third kappa shape index (κ3) is 2.41. The van der Waals surface area contributed by atoms with Crippen molar-refractivity contribution in [3.05, 3.63) is 0 Å². The van der Waals surface area contributed by atoms with Crippen molar-refractivity contribution in [1.29, 1.82) is 0 Å². The van der Waals surface area contributed by atoms with E-state index in [0.717, 1.165) is 13.1 Å². The van der Waals surface area contributed by atoms with Crippen LogP contribution in [0.1, 0.15) is 6.92 Å². The monoisotopic (exact) mass is 158 g/mol. The van der Waals surface area contributed by atoms with Gasteiger partial charge in [-0.15, -0.1) is 0 Å². The van der Waals surface area contributed by atoms with Crippen molar-refractivity contribution in [2.24, 2.45) is 5.73 Å². The van der Waals surface area contributed by atoms with E-state index in [4.69, 9.17) is 5.73 Å². The molecule has 0 saturated carbocycles. The predicted molar refractivity (Wildman–Crippen MR) is 45.8 cm³/mol. The van der Waals surface area contributed by atoms with E-state index in [2.05, 4.69) is 29.4 Å². The Bertz CT molecular complexity index is 113. The molecule has 0 spiro atoms. The molecule has 3 N–H and O–H groups in total. The minimum absolute atomic E-state index is 0.0971. The predicted octanol–water partition coefficient (Wildman–Crippen LogP) is -0.958. The van der Waals surface area contributed by atoms with E-state index >= 15 is 0 Å². The Hall–Kier alpha value is -0.160. The molecule has 4 nitrogen and oxygen atoms in total. The third-order valence-corrected chi connectivity index (χ3v) is 2.05. The van der Waals surface area contributed by atoms with Gasteiger partial charge in [0.05, 0.1) is 6.17 Å². The number of nitrogens with two attached hydrogens (primary N) is 1. The van der Waals surface area contributed by atoms with Gasteiger partial charge in [-0.3, -0.25) is 5.32 Å². The second kappa shape index (κ2) is 3.49. The highest BCUT2D eigenvalue weighted by molar-refractivity contribution is 4.79. The van der Waals surface area contributed by atoms with Gasteiger partial charge >= 0.3 is 0 Å². The van der Waals surface area contributed by atoms with Crippen LogP contribution in [-0.4, -0.2) is 49.4 Å². The minimum atomic E-state index is 0.0971. The van der Waals surface area contributed by atoms with Gasteiger partial charge in [0, 0.05) is 33.2 Å². The highest BCUT2D eigenvalue weighted by atomic mass is 15.6. The lowest BCUT2D eigenvalue weighted by molar-refractivity contribution is 0.0894. The van der Waals surface area contributed by atoms with Crippen LogP contribution >= 0.6 is 0 Å². The molecule has 0 bridgehead atoms. The molecule has 0 aliphatic carbocycles. The molecule has 1 heterocycles. The van der Waals surface area contributed by atoms with Crippen molar-refractivity contribution in [3.63, 3.8) is 0 Å². The van der Waals surface area contributed by atoms with Crippen LogP contribution < -0.4 is 11.1 Å². The Morgan fingerprint density at radius 1 is 1.36 bits per heavy atom. The lowest BCUT2D eigenvalue weighted by Gasteiger charge is -2.16. The summed E-state index contributed by atoms with van der Waals surface area (Å²) in [5.74, 6) is 0. The maximum atomic E-state index is 5.61. The van der Waals surface area contributed by atoms with Crippen molar-refractivity contribution in [2.45, 2.75) is 19.1 Å². The number of rotatable bonds is 2. The van der Waals surface area contributed by atoms with Gasteiger partial charge < -0.3 is 5.73 Å². The smallest absolute Gasteiger partial charge is 0.0520 e. The summed E-state index contributed by atoms with van der Waals surface area (Å²) in [5, 5.41) is 7.69. The first-order valence-electron chi connectivity index (χ1n) is 4.03. The standard InChI is InChI=1S/C7H18N4/c1-6(8)9-7-4-10(2)11(3)5-7/h6-7,9H,4-5,8H2,1-3H3. The highest BCUT2D eigenvalue weighted by Gasteiger charge is 2.24. The lowest BCUT2D eigenvalue weighted by Crippen LogP contribution is -2.44. The molecule has 1 atom stereocenters. The molecule has 1 aliphatic heterocycles. The molecule has 0 aromatic heterocycles. The zero-order valence-electron chi connectivity index (χ0n) is 7.54. The molecular formula is C7H18N4. The molecule has 0 aromatic carbocycles. The van der Waals surface area contributed by atoms with Gasteiger partial charge in [0.1, 0.15) is 0 Å².